The molecule has 5 heteroatoms. The van der Waals surface area contributed by atoms with Crippen LogP contribution in [0.2, 0.25) is 0 Å². The summed E-state index contributed by atoms with van der Waals surface area (Å²) in [6, 6.07) is 8.93. The third kappa shape index (κ3) is 2.98. The van der Waals surface area contributed by atoms with E-state index in [9.17, 15) is 9.18 Å². The Balaban J connectivity index is 2.02. The zero-order chi connectivity index (χ0) is 17.3. The number of alkyl halides is 1. The minimum atomic E-state index is -0.331. The number of piperidine rings is 1. The first-order valence-electron chi connectivity index (χ1n) is 8.65. The van der Waals surface area contributed by atoms with Crippen LogP contribution in [0, 0.1) is 9.49 Å². The molecule has 2 aliphatic rings. The van der Waals surface area contributed by atoms with Gasteiger partial charge in [0.1, 0.15) is 0 Å². The molecule has 0 aliphatic carbocycles. The molecule has 2 heterocycles. The molecular weight excluding hydrogens is 420 g/mol. The highest BCUT2D eigenvalue weighted by molar-refractivity contribution is 14.1. The van der Waals surface area contributed by atoms with Crippen LogP contribution in [0.1, 0.15) is 43.6 Å². The van der Waals surface area contributed by atoms with Crippen molar-refractivity contribution in [3.8, 4) is 0 Å². The largest absolute Gasteiger partial charge is 0.469 e. The summed E-state index contributed by atoms with van der Waals surface area (Å²) in [6.07, 6.45) is 4.22. The summed E-state index contributed by atoms with van der Waals surface area (Å²) in [5.41, 5.74) is 0.936. The van der Waals surface area contributed by atoms with E-state index in [-0.39, 0.29) is 30.0 Å². The molecule has 0 N–H and O–H groups in total. The molecule has 0 unspecified atom stereocenters. The third-order valence-electron chi connectivity index (χ3n) is 6.16. The minimum Gasteiger partial charge on any atom is -0.469 e. The summed E-state index contributed by atoms with van der Waals surface area (Å²) < 4.78 is 19.3. The molecule has 2 bridgehead atoms. The Morgan fingerprint density at radius 1 is 1.42 bits per heavy atom. The Bertz CT molecular complexity index is 594. The van der Waals surface area contributed by atoms with Crippen molar-refractivity contribution in [2.75, 3.05) is 20.8 Å². The number of halogens is 2. The van der Waals surface area contributed by atoms with Gasteiger partial charge in [-0.2, -0.15) is 0 Å². The predicted octanol–water partition coefficient (Wildman–Crippen LogP) is 4.15. The Kier molecular flexibility index (Phi) is 5.49. The van der Waals surface area contributed by atoms with E-state index in [4.69, 9.17) is 4.74 Å². The lowest BCUT2D eigenvalue weighted by Gasteiger charge is -2.51. The van der Waals surface area contributed by atoms with Crippen LogP contribution in [0.3, 0.4) is 0 Å². The van der Waals surface area contributed by atoms with Crippen LogP contribution in [0.15, 0.2) is 24.3 Å². The first-order chi connectivity index (χ1) is 11.5. The molecule has 0 aromatic heterocycles. The fraction of sp³-hybridized carbons (Fsp3) is 0.632. The molecule has 3 nitrogen and oxygen atoms in total. The summed E-state index contributed by atoms with van der Waals surface area (Å²) in [6.45, 7) is -0.331. The highest BCUT2D eigenvalue weighted by atomic mass is 127. The number of esters is 1. The van der Waals surface area contributed by atoms with E-state index < -0.39 is 0 Å². The third-order valence-corrected chi connectivity index (χ3v) is 6.88. The second-order valence-corrected chi connectivity index (χ2v) is 8.34. The maximum Gasteiger partial charge on any atom is 0.311 e. The Labute approximate surface area is 157 Å². The van der Waals surface area contributed by atoms with E-state index in [0.717, 1.165) is 25.7 Å². The van der Waals surface area contributed by atoms with Crippen molar-refractivity contribution < 1.29 is 13.9 Å². The molecule has 0 radical (unpaired) electrons. The number of hydrogen-bond acceptors (Lipinski definition) is 3. The minimum absolute atomic E-state index is 0.149. The number of nitrogens with zero attached hydrogens (tertiary/aromatic N) is 1. The van der Waals surface area contributed by atoms with Crippen molar-refractivity contribution in [3.63, 3.8) is 0 Å². The van der Waals surface area contributed by atoms with Gasteiger partial charge < -0.3 is 4.74 Å². The standard InChI is InChI=1S/C19H25FINO2/c1-22-15-8-10-19(22,9-3-11-20)17(18(23)24-2)16(12-15)13-4-6-14(21)7-5-13/h4-7,15-17H,3,8-12H2,1-2H3/t15-,16+,17+,19+/m0/s1. The highest BCUT2D eigenvalue weighted by Crippen LogP contribution is 2.54. The smallest absolute Gasteiger partial charge is 0.311 e. The van der Waals surface area contributed by atoms with Gasteiger partial charge in [0.25, 0.3) is 0 Å². The van der Waals surface area contributed by atoms with Crippen LogP contribution in [-0.2, 0) is 9.53 Å². The fourth-order valence-electron chi connectivity index (χ4n) is 4.98. The molecule has 4 atom stereocenters. The average molecular weight is 445 g/mol. The SMILES string of the molecule is COC(=O)[C@H]1[C@@H](c2ccc(I)cc2)C[C@@H]2CC[C@@]1(CCCF)N2C. The van der Waals surface area contributed by atoms with E-state index in [1.54, 1.807) is 0 Å². The van der Waals surface area contributed by atoms with Crippen LogP contribution in [0.5, 0.6) is 0 Å². The first-order valence-corrected chi connectivity index (χ1v) is 9.73. The van der Waals surface area contributed by atoms with Crippen LogP contribution in [0.4, 0.5) is 4.39 Å². The highest BCUT2D eigenvalue weighted by Gasteiger charge is 2.59. The summed E-state index contributed by atoms with van der Waals surface area (Å²) in [5, 5.41) is 0. The van der Waals surface area contributed by atoms with E-state index in [1.807, 2.05) is 0 Å². The van der Waals surface area contributed by atoms with Crippen LogP contribution in [0.25, 0.3) is 0 Å². The van der Waals surface area contributed by atoms with E-state index in [1.165, 1.54) is 16.2 Å². The average Bonchev–Trinajstić information content (AvgIpc) is 2.80. The molecular formula is C19H25FINO2. The van der Waals surface area contributed by atoms with Crippen molar-refractivity contribution in [1.29, 1.82) is 0 Å². The maximum absolute atomic E-state index is 12.9. The van der Waals surface area contributed by atoms with Crippen LogP contribution < -0.4 is 0 Å². The molecule has 1 aromatic carbocycles. The lowest BCUT2D eigenvalue weighted by molar-refractivity contribution is -0.155. The molecule has 3 rings (SSSR count). The lowest BCUT2D eigenvalue weighted by atomic mass is 9.67. The van der Waals surface area contributed by atoms with Crippen LogP contribution in [-0.4, -0.2) is 43.3 Å². The summed E-state index contributed by atoms with van der Waals surface area (Å²) in [4.78, 5) is 15.1. The molecule has 2 saturated heterocycles. The van der Waals surface area contributed by atoms with E-state index >= 15 is 0 Å². The topological polar surface area (TPSA) is 29.5 Å². The van der Waals surface area contributed by atoms with Crippen molar-refractivity contribution in [1.82, 2.24) is 4.90 Å². The van der Waals surface area contributed by atoms with Gasteiger partial charge in [0.2, 0.25) is 0 Å². The molecule has 0 saturated carbocycles. The number of carbonyl (C=O) groups excluding carboxylic acids is 1. The van der Waals surface area contributed by atoms with Crippen molar-refractivity contribution in [3.05, 3.63) is 33.4 Å². The fourth-order valence-corrected chi connectivity index (χ4v) is 5.34. The van der Waals surface area contributed by atoms with Gasteiger partial charge in [-0.3, -0.25) is 14.1 Å². The van der Waals surface area contributed by atoms with Crippen molar-refractivity contribution in [2.24, 2.45) is 5.92 Å². The van der Waals surface area contributed by atoms with Crippen LogP contribution >= 0.6 is 22.6 Å². The van der Waals surface area contributed by atoms with Gasteiger partial charge in [0.05, 0.1) is 19.7 Å². The monoisotopic (exact) mass is 445 g/mol. The van der Waals surface area contributed by atoms with E-state index in [2.05, 4.69) is 58.8 Å². The quantitative estimate of drug-likeness (QED) is 0.504. The summed E-state index contributed by atoms with van der Waals surface area (Å²) in [7, 11) is 3.58. The number of methoxy groups -OCH3 is 1. The zero-order valence-corrected chi connectivity index (χ0v) is 16.5. The number of hydrogen-bond donors (Lipinski definition) is 0. The summed E-state index contributed by atoms with van der Waals surface area (Å²) in [5.74, 6) is -0.222. The second kappa shape index (κ2) is 7.28. The zero-order valence-electron chi connectivity index (χ0n) is 14.3. The second-order valence-electron chi connectivity index (χ2n) is 7.09. The van der Waals surface area contributed by atoms with Gasteiger partial charge in [-0.05, 0) is 79.4 Å². The normalized spacial score (nSPS) is 32.8. The summed E-state index contributed by atoms with van der Waals surface area (Å²) >= 11 is 2.30. The molecule has 2 aliphatic heterocycles. The van der Waals surface area contributed by atoms with E-state index in [0.29, 0.717) is 12.5 Å². The Hall–Kier alpha value is -0.690. The maximum atomic E-state index is 12.9. The van der Waals surface area contributed by atoms with Gasteiger partial charge in [-0.1, -0.05) is 12.1 Å². The Morgan fingerprint density at radius 3 is 2.75 bits per heavy atom. The molecule has 1 aromatic rings. The van der Waals surface area contributed by atoms with Gasteiger partial charge in [-0.25, -0.2) is 0 Å². The number of rotatable bonds is 5. The Morgan fingerprint density at radius 2 is 2.12 bits per heavy atom. The number of carbonyl (C=O) groups is 1. The number of fused-ring (bicyclic) bond motifs is 2. The molecule has 0 amide bonds. The van der Waals surface area contributed by atoms with Gasteiger partial charge in [0.15, 0.2) is 0 Å². The van der Waals surface area contributed by atoms with Crippen molar-refractivity contribution >= 4 is 28.6 Å². The lowest BCUT2D eigenvalue weighted by Crippen LogP contribution is -2.59. The molecule has 2 fully saturated rings. The van der Waals surface area contributed by atoms with Gasteiger partial charge >= 0.3 is 5.97 Å². The molecule has 132 valence electrons. The first kappa shape index (κ1) is 18.1. The van der Waals surface area contributed by atoms with Gasteiger partial charge in [-0.15, -0.1) is 0 Å². The molecule has 24 heavy (non-hydrogen) atoms. The van der Waals surface area contributed by atoms with Gasteiger partial charge in [0, 0.05) is 21.1 Å². The van der Waals surface area contributed by atoms with Crippen molar-refractivity contribution in [2.45, 2.75) is 49.6 Å². The predicted molar refractivity (Wildman–Crippen MR) is 101 cm³/mol. The molecule has 0 spiro atoms. The number of ether oxygens (including phenoxy) is 1. The number of benzene rings is 1.